The zero-order valence-electron chi connectivity index (χ0n) is 10.4. The van der Waals surface area contributed by atoms with Crippen LogP contribution in [-0.4, -0.2) is 37.6 Å². The highest BCUT2D eigenvalue weighted by molar-refractivity contribution is 5.10. The van der Waals surface area contributed by atoms with Crippen molar-refractivity contribution in [1.29, 1.82) is 0 Å². The summed E-state index contributed by atoms with van der Waals surface area (Å²) in [6, 6.07) is 0.800. The summed E-state index contributed by atoms with van der Waals surface area (Å²) in [5.41, 5.74) is 0. The van der Waals surface area contributed by atoms with Gasteiger partial charge in [0.2, 0.25) is 0 Å². The van der Waals surface area contributed by atoms with Crippen LogP contribution in [0.5, 0.6) is 0 Å². The normalized spacial score (nSPS) is 42.3. The number of nitrogens with one attached hydrogen (secondary N) is 1. The van der Waals surface area contributed by atoms with E-state index in [9.17, 15) is 0 Å². The van der Waals surface area contributed by atoms with Gasteiger partial charge in [0.25, 0.3) is 0 Å². The monoisotopic (exact) mass is 220 g/mol. The number of allylic oxidation sites excluding steroid dienone is 2. The quantitative estimate of drug-likeness (QED) is 0.728. The van der Waals surface area contributed by atoms with E-state index in [0.29, 0.717) is 0 Å². The van der Waals surface area contributed by atoms with Gasteiger partial charge in [0.05, 0.1) is 0 Å². The topological polar surface area (TPSA) is 15.3 Å². The Labute approximate surface area is 99.1 Å². The van der Waals surface area contributed by atoms with Crippen LogP contribution in [0.3, 0.4) is 0 Å². The Hall–Kier alpha value is -0.340. The lowest BCUT2D eigenvalue weighted by molar-refractivity contribution is 0.291. The summed E-state index contributed by atoms with van der Waals surface area (Å²) in [6.07, 6.45) is 10.6. The summed E-state index contributed by atoms with van der Waals surface area (Å²) in [7, 11) is 2.26. The third-order valence-electron chi connectivity index (χ3n) is 4.87. The van der Waals surface area contributed by atoms with Crippen molar-refractivity contribution >= 4 is 0 Å². The summed E-state index contributed by atoms with van der Waals surface area (Å²) in [4.78, 5) is 2.51. The van der Waals surface area contributed by atoms with Crippen LogP contribution in [-0.2, 0) is 0 Å². The van der Waals surface area contributed by atoms with E-state index in [0.717, 1.165) is 23.8 Å². The fraction of sp³-hybridized carbons (Fsp3) is 0.857. The number of likely N-dealkylation sites (tertiary alicyclic amines) is 1. The molecule has 2 fully saturated rings. The molecule has 1 heterocycles. The van der Waals surface area contributed by atoms with Gasteiger partial charge in [-0.2, -0.15) is 0 Å². The molecular formula is C14H24N2. The number of nitrogens with zero attached hydrogens (tertiary/aromatic N) is 1. The molecule has 0 amide bonds. The van der Waals surface area contributed by atoms with Crippen molar-refractivity contribution in [2.24, 2.45) is 17.8 Å². The highest BCUT2D eigenvalue weighted by atomic mass is 15.2. The molecule has 4 atom stereocenters. The van der Waals surface area contributed by atoms with E-state index < -0.39 is 0 Å². The molecule has 2 heteroatoms. The van der Waals surface area contributed by atoms with Gasteiger partial charge in [-0.05, 0) is 63.6 Å². The average molecular weight is 220 g/mol. The Morgan fingerprint density at radius 2 is 2.19 bits per heavy atom. The van der Waals surface area contributed by atoms with E-state index >= 15 is 0 Å². The molecule has 3 rings (SSSR count). The molecule has 0 aromatic rings. The molecule has 1 saturated carbocycles. The van der Waals surface area contributed by atoms with Crippen LogP contribution in [0.4, 0.5) is 0 Å². The van der Waals surface area contributed by atoms with Gasteiger partial charge in [-0.1, -0.05) is 12.2 Å². The van der Waals surface area contributed by atoms with Crippen LogP contribution in [0.2, 0.25) is 0 Å². The molecule has 2 aliphatic carbocycles. The fourth-order valence-corrected chi connectivity index (χ4v) is 3.80. The van der Waals surface area contributed by atoms with Crippen molar-refractivity contribution in [1.82, 2.24) is 10.2 Å². The van der Waals surface area contributed by atoms with E-state index in [1.807, 2.05) is 0 Å². The average Bonchev–Trinajstić information content (AvgIpc) is 2.96. The van der Waals surface area contributed by atoms with Crippen LogP contribution in [0.25, 0.3) is 0 Å². The van der Waals surface area contributed by atoms with Crippen LogP contribution in [0.1, 0.15) is 25.7 Å². The van der Waals surface area contributed by atoms with Crippen molar-refractivity contribution in [3.8, 4) is 0 Å². The number of fused-ring (bicyclic) bond motifs is 2. The second kappa shape index (κ2) is 4.50. The van der Waals surface area contributed by atoms with Crippen molar-refractivity contribution in [2.75, 3.05) is 26.7 Å². The Morgan fingerprint density at radius 1 is 1.25 bits per heavy atom. The molecule has 1 aliphatic heterocycles. The second-order valence-electron chi connectivity index (χ2n) is 5.98. The van der Waals surface area contributed by atoms with Crippen LogP contribution in [0, 0.1) is 17.8 Å². The van der Waals surface area contributed by atoms with Crippen LogP contribution in [0.15, 0.2) is 12.2 Å². The third kappa shape index (κ3) is 2.05. The first-order chi connectivity index (χ1) is 7.83. The SMILES string of the molecule is CN1CCCC1CNCC1CC2C=CC1C2. The number of hydrogen-bond acceptors (Lipinski definition) is 2. The summed E-state index contributed by atoms with van der Waals surface area (Å²) < 4.78 is 0. The van der Waals surface area contributed by atoms with Gasteiger partial charge in [0.1, 0.15) is 0 Å². The molecule has 90 valence electrons. The predicted molar refractivity (Wildman–Crippen MR) is 67.4 cm³/mol. The number of likely N-dealkylation sites (N-methyl/N-ethyl adjacent to an activating group) is 1. The molecule has 1 saturated heterocycles. The van der Waals surface area contributed by atoms with Crippen LogP contribution >= 0.6 is 0 Å². The van der Waals surface area contributed by atoms with Crippen molar-refractivity contribution in [2.45, 2.75) is 31.7 Å². The number of hydrogen-bond donors (Lipinski definition) is 1. The lowest BCUT2D eigenvalue weighted by Crippen LogP contribution is -2.37. The highest BCUT2D eigenvalue weighted by Crippen LogP contribution is 2.42. The minimum atomic E-state index is 0.800. The highest BCUT2D eigenvalue weighted by Gasteiger charge is 2.35. The molecule has 0 aromatic carbocycles. The first-order valence-electron chi connectivity index (χ1n) is 6.92. The second-order valence-corrected chi connectivity index (χ2v) is 5.98. The smallest absolute Gasteiger partial charge is 0.0218 e. The molecule has 1 N–H and O–H groups in total. The van der Waals surface area contributed by atoms with E-state index in [4.69, 9.17) is 0 Å². The molecule has 2 nitrogen and oxygen atoms in total. The molecular weight excluding hydrogens is 196 g/mol. The Kier molecular flexibility index (Phi) is 3.03. The van der Waals surface area contributed by atoms with E-state index in [-0.39, 0.29) is 0 Å². The third-order valence-corrected chi connectivity index (χ3v) is 4.87. The van der Waals surface area contributed by atoms with E-state index in [2.05, 4.69) is 29.4 Å². The van der Waals surface area contributed by atoms with Gasteiger partial charge in [0, 0.05) is 12.6 Å². The predicted octanol–water partition coefficient (Wildman–Crippen LogP) is 1.88. The maximum Gasteiger partial charge on any atom is 0.0218 e. The first-order valence-corrected chi connectivity index (χ1v) is 6.92. The standard InChI is InChI=1S/C14H24N2/c1-16-6-2-3-14(16)10-15-9-13-8-11-4-5-12(13)7-11/h4-5,11-15H,2-3,6-10H2,1H3. The zero-order chi connectivity index (χ0) is 11.0. The molecule has 0 aromatic heterocycles. The minimum absolute atomic E-state index is 0.800. The van der Waals surface area contributed by atoms with Crippen LogP contribution < -0.4 is 5.32 Å². The van der Waals surface area contributed by atoms with Gasteiger partial charge < -0.3 is 10.2 Å². The maximum atomic E-state index is 3.71. The van der Waals surface area contributed by atoms with E-state index in [1.165, 1.54) is 45.3 Å². The maximum absolute atomic E-state index is 3.71. The summed E-state index contributed by atoms with van der Waals surface area (Å²) >= 11 is 0. The van der Waals surface area contributed by atoms with Gasteiger partial charge in [-0.15, -0.1) is 0 Å². The van der Waals surface area contributed by atoms with Gasteiger partial charge in [-0.3, -0.25) is 0 Å². The summed E-state index contributed by atoms with van der Waals surface area (Å²) in [6.45, 7) is 3.74. The Bertz CT molecular complexity index is 274. The largest absolute Gasteiger partial charge is 0.315 e. The molecule has 2 bridgehead atoms. The zero-order valence-corrected chi connectivity index (χ0v) is 10.4. The lowest BCUT2D eigenvalue weighted by Gasteiger charge is -2.23. The Morgan fingerprint density at radius 3 is 2.81 bits per heavy atom. The van der Waals surface area contributed by atoms with Crippen molar-refractivity contribution in [3.63, 3.8) is 0 Å². The minimum Gasteiger partial charge on any atom is -0.315 e. The fourth-order valence-electron chi connectivity index (χ4n) is 3.80. The molecule has 3 aliphatic rings. The first kappa shape index (κ1) is 10.8. The van der Waals surface area contributed by atoms with E-state index in [1.54, 1.807) is 0 Å². The van der Waals surface area contributed by atoms with Gasteiger partial charge in [0.15, 0.2) is 0 Å². The van der Waals surface area contributed by atoms with Crippen molar-refractivity contribution in [3.05, 3.63) is 12.2 Å². The lowest BCUT2D eigenvalue weighted by atomic mass is 9.93. The molecule has 0 spiro atoms. The Balaban J connectivity index is 1.39. The molecule has 16 heavy (non-hydrogen) atoms. The van der Waals surface area contributed by atoms with Crippen molar-refractivity contribution < 1.29 is 0 Å². The molecule has 4 unspecified atom stereocenters. The number of rotatable bonds is 4. The summed E-state index contributed by atoms with van der Waals surface area (Å²) in [5, 5.41) is 3.71. The molecule has 0 radical (unpaired) electrons. The van der Waals surface area contributed by atoms with Gasteiger partial charge >= 0.3 is 0 Å². The summed E-state index contributed by atoms with van der Waals surface area (Å²) in [5.74, 6) is 2.76. The van der Waals surface area contributed by atoms with Gasteiger partial charge in [-0.25, -0.2) is 0 Å².